The van der Waals surface area contributed by atoms with Gasteiger partial charge in [-0.2, -0.15) is 5.10 Å². The van der Waals surface area contributed by atoms with E-state index in [9.17, 15) is 17.6 Å². The molecule has 1 amide bonds. The zero-order valence-corrected chi connectivity index (χ0v) is 18.2. The fourth-order valence-electron chi connectivity index (χ4n) is 3.28. The molecule has 1 atom stereocenters. The van der Waals surface area contributed by atoms with Crippen LogP contribution in [0.15, 0.2) is 66.2 Å². The van der Waals surface area contributed by atoms with E-state index in [0.29, 0.717) is 27.7 Å². The Morgan fingerprint density at radius 2 is 1.91 bits per heavy atom. The second-order valence-corrected chi connectivity index (χ2v) is 9.40. The highest BCUT2D eigenvalue weighted by molar-refractivity contribution is 7.91. The van der Waals surface area contributed by atoms with Crippen molar-refractivity contribution in [1.29, 1.82) is 0 Å². The first-order valence-electron chi connectivity index (χ1n) is 9.87. The normalized spacial score (nSPS) is 12.6. The number of carbonyl (C=O) groups is 1. The molecule has 164 valence electrons. The number of hydrogen-bond acceptors (Lipinski definition) is 6. The van der Waals surface area contributed by atoms with Crippen LogP contribution in [-0.4, -0.2) is 39.8 Å². The summed E-state index contributed by atoms with van der Waals surface area (Å²) in [5.74, 6) is -0.801. The number of rotatable bonds is 6. The van der Waals surface area contributed by atoms with Gasteiger partial charge < -0.3 is 5.32 Å². The molecule has 0 aliphatic rings. The van der Waals surface area contributed by atoms with E-state index in [-0.39, 0.29) is 22.5 Å². The molecule has 0 aliphatic heterocycles. The summed E-state index contributed by atoms with van der Waals surface area (Å²) in [5, 5.41) is 7.75. The van der Waals surface area contributed by atoms with Crippen molar-refractivity contribution < 1.29 is 17.6 Å². The van der Waals surface area contributed by atoms with Crippen LogP contribution in [0.2, 0.25) is 0 Å². The molecule has 1 N–H and O–H groups in total. The molecule has 8 nitrogen and oxygen atoms in total. The summed E-state index contributed by atoms with van der Waals surface area (Å²) in [6.45, 7) is 3.31. The number of pyridine rings is 2. The number of fused-ring (bicyclic) bond motifs is 1. The predicted octanol–water partition coefficient (Wildman–Crippen LogP) is 3.24. The number of sulfone groups is 1. The summed E-state index contributed by atoms with van der Waals surface area (Å²) in [4.78, 5) is 21.1. The molecule has 0 saturated heterocycles. The van der Waals surface area contributed by atoms with Gasteiger partial charge in [0.2, 0.25) is 0 Å². The van der Waals surface area contributed by atoms with Gasteiger partial charge in [0.1, 0.15) is 5.82 Å². The fourth-order valence-corrected chi connectivity index (χ4v) is 4.11. The van der Waals surface area contributed by atoms with E-state index in [0.717, 1.165) is 0 Å². The van der Waals surface area contributed by atoms with Gasteiger partial charge in [0.15, 0.2) is 14.9 Å². The van der Waals surface area contributed by atoms with Crippen molar-refractivity contribution in [2.45, 2.75) is 24.9 Å². The van der Waals surface area contributed by atoms with Crippen LogP contribution in [0.25, 0.3) is 16.6 Å². The maximum absolute atomic E-state index is 13.3. The lowest BCUT2D eigenvalue weighted by Gasteiger charge is -2.15. The highest BCUT2D eigenvalue weighted by atomic mass is 32.2. The molecule has 3 aromatic heterocycles. The first kappa shape index (κ1) is 21.6. The van der Waals surface area contributed by atoms with Crippen LogP contribution in [0.5, 0.6) is 0 Å². The number of benzene rings is 1. The minimum Gasteiger partial charge on any atom is -0.345 e. The van der Waals surface area contributed by atoms with Crippen molar-refractivity contribution in [2.75, 3.05) is 5.75 Å². The highest BCUT2D eigenvalue weighted by Gasteiger charge is 2.19. The summed E-state index contributed by atoms with van der Waals surface area (Å²) in [5.41, 5.74) is 2.16. The van der Waals surface area contributed by atoms with Crippen LogP contribution < -0.4 is 5.32 Å². The largest absolute Gasteiger partial charge is 0.345 e. The molecule has 0 aliphatic carbocycles. The van der Waals surface area contributed by atoms with Gasteiger partial charge in [-0.15, -0.1) is 0 Å². The van der Waals surface area contributed by atoms with Crippen molar-refractivity contribution in [1.82, 2.24) is 25.1 Å². The predicted molar refractivity (Wildman–Crippen MR) is 117 cm³/mol. The third-order valence-corrected chi connectivity index (χ3v) is 6.74. The van der Waals surface area contributed by atoms with Crippen LogP contribution in [0.3, 0.4) is 0 Å². The standard InChI is InChI=1S/C22H20FN5O3S/c1-3-32(30,31)21-10-15(8-9-25-21)14(2)27-22(29)19-11-24-13-20-18(19)12-26-28(20)17-6-4-16(23)5-7-17/h4-14H,3H2,1-2H3,(H,27,29)/t14-/m0/s1. The molecule has 0 fully saturated rings. The van der Waals surface area contributed by atoms with Crippen LogP contribution in [0.1, 0.15) is 35.8 Å². The average Bonchev–Trinajstić information content (AvgIpc) is 3.24. The quantitative estimate of drug-likeness (QED) is 0.480. The first-order valence-corrected chi connectivity index (χ1v) is 11.5. The third kappa shape index (κ3) is 4.09. The lowest BCUT2D eigenvalue weighted by Crippen LogP contribution is -2.27. The Morgan fingerprint density at radius 3 is 2.62 bits per heavy atom. The Hall–Kier alpha value is -3.66. The Bertz CT molecular complexity index is 1400. The summed E-state index contributed by atoms with van der Waals surface area (Å²) in [6, 6.07) is 8.48. The van der Waals surface area contributed by atoms with Gasteiger partial charge in [0.05, 0.1) is 41.0 Å². The molecule has 0 bridgehead atoms. The second kappa shape index (κ2) is 8.46. The average molecular weight is 453 g/mol. The van der Waals surface area contributed by atoms with Gasteiger partial charge in [-0.3, -0.25) is 9.78 Å². The summed E-state index contributed by atoms with van der Waals surface area (Å²) < 4.78 is 39.1. The number of carbonyl (C=O) groups excluding carboxylic acids is 1. The Balaban J connectivity index is 1.62. The van der Waals surface area contributed by atoms with Crippen LogP contribution in [0, 0.1) is 5.82 Å². The van der Waals surface area contributed by atoms with Gasteiger partial charge in [0.25, 0.3) is 5.91 Å². The van der Waals surface area contributed by atoms with Crippen LogP contribution in [-0.2, 0) is 9.84 Å². The van der Waals surface area contributed by atoms with Crippen molar-refractivity contribution in [3.05, 3.63) is 78.1 Å². The number of hydrogen-bond donors (Lipinski definition) is 1. The van der Waals surface area contributed by atoms with Crippen molar-refractivity contribution in [3.8, 4) is 5.69 Å². The number of aromatic nitrogens is 4. The summed E-state index contributed by atoms with van der Waals surface area (Å²) >= 11 is 0. The second-order valence-electron chi connectivity index (χ2n) is 7.18. The van der Waals surface area contributed by atoms with Crippen molar-refractivity contribution in [3.63, 3.8) is 0 Å². The SMILES string of the molecule is CCS(=O)(=O)c1cc([C@H](C)NC(=O)c2cncc3c2cnn3-c2ccc(F)cc2)ccn1. The molecule has 0 unspecified atom stereocenters. The van der Waals surface area contributed by atoms with Gasteiger partial charge in [-0.05, 0) is 48.9 Å². The van der Waals surface area contributed by atoms with E-state index in [2.05, 4.69) is 20.4 Å². The van der Waals surface area contributed by atoms with Crippen LogP contribution in [0.4, 0.5) is 4.39 Å². The molecular weight excluding hydrogens is 433 g/mol. The number of halogens is 1. The number of nitrogens with zero attached hydrogens (tertiary/aromatic N) is 4. The molecule has 32 heavy (non-hydrogen) atoms. The Kier molecular flexibility index (Phi) is 5.70. The van der Waals surface area contributed by atoms with E-state index in [4.69, 9.17) is 0 Å². The highest BCUT2D eigenvalue weighted by Crippen LogP contribution is 2.22. The minimum atomic E-state index is -3.46. The topological polar surface area (TPSA) is 107 Å². The minimum absolute atomic E-state index is 0.0251. The zero-order valence-electron chi connectivity index (χ0n) is 17.4. The smallest absolute Gasteiger partial charge is 0.254 e. The third-order valence-electron chi connectivity index (χ3n) is 5.12. The molecule has 0 radical (unpaired) electrons. The molecule has 0 spiro atoms. The molecule has 4 rings (SSSR count). The van der Waals surface area contributed by atoms with E-state index < -0.39 is 15.9 Å². The Labute approximate surface area is 184 Å². The van der Waals surface area contributed by atoms with E-state index in [1.54, 1.807) is 49.1 Å². The van der Waals surface area contributed by atoms with Crippen molar-refractivity contribution >= 4 is 26.6 Å². The monoisotopic (exact) mass is 453 g/mol. The lowest BCUT2D eigenvalue weighted by molar-refractivity contribution is 0.0941. The Morgan fingerprint density at radius 1 is 1.16 bits per heavy atom. The maximum Gasteiger partial charge on any atom is 0.254 e. The van der Waals surface area contributed by atoms with Gasteiger partial charge in [-0.1, -0.05) is 6.92 Å². The van der Waals surface area contributed by atoms with Gasteiger partial charge in [-0.25, -0.2) is 22.5 Å². The molecule has 10 heteroatoms. The van der Waals surface area contributed by atoms with Crippen molar-refractivity contribution in [2.24, 2.45) is 0 Å². The zero-order chi connectivity index (χ0) is 22.9. The molecule has 0 saturated carbocycles. The van der Waals surface area contributed by atoms with E-state index >= 15 is 0 Å². The number of amides is 1. The molecule has 4 aromatic rings. The summed E-state index contributed by atoms with van der Waals surface area (Å²) in [7, 11) is -3.46. The molecule has 3 heterocycles. The molecule has 1 aromatic carbocycles. The lowest BCUT2D eigenvalue weighted by atomic mass is 10.1. The first-order chi connectivity index (χ1) is 15.3. The van der Waals surface area contributed by atoms with Crippen LogP contribution >= 0.6 is 0 Å². The van der Waals surface area contributed by atoms with E-state index in [1.807, 2.05) is 0 Å². The molecular formula is C22H20FN5O3S. The van der Waals surface area contributed by atoms with Gasteiger partial charge in [0, 0.05) is 17.8 Å². The summed E-state index contributed by atoms with van der Waals surface area (Å²) in [6.07, 6.45) is 5.99. The maximum atomic E-state index is 13.3. The fraction of sp³-hybridized carbons (Fsp3) is 0.182. The number of nitrogens with one attached hydrogen (secondary N) is 1. The van der Waals surface area contributed by atoms with Gasteiger partial charge >= 0.3 is 0 Å². The van der Waals surface area contributed by atoms with E-state index in [1.165, 1.54) is 30.6 Å².